The maximum absolute atomic E-state index is 9.10. The van der Waals surface area contributed by atoms with Crippen molar-refractivity contribution in [3.8, 4) is 0 Å². The highest BCUT2D eigenvalue weighted by Crippen LogP contribution is 2.26. The second-order valence-electron chi connectivity index (χ2n) is 3.43. The van der Waals surface area contributed by atoms with Crippen LogP contribution < -0.4 is 0 Å². The minimum absolute atomic E-state index is 0.175. The second kappa shape index (κ2) is 3.70. The summed E-state index contributed by atoms with van der Waals surface area (Å²) >= 11 is 3.41. The molecule has 0 atom stereocenters. The quantitative estimate of drug-likeness (QED) is 0.800. The summed E-state index contributed by atoms with van der Waals surface area (Å²) < 4.78 is 6.35. The molecule has 2 rings (SSSR count). The van der Waals surface area contributed by atoms with Crippen molar-refractivity contribution in [3.63, 3.8) is 0 Å². The Balaban J connectivity index is 2.65. The van der Waals surface area contributed by atoms with Crippen molar-refractivity contribution in [1.82, 2.24) is 4.98 Å². The number of hydrogen-bond donors (Lipinski definition) is 1. The van der Waals surface area contributed by atoms with E-state index in [2.05, 4.69) is 20.9 Å². The number of oxazole rings is 1. The first kappa shape index (κ1) is 10.2. The number of aromatic nitrogens is 1. The third kappa shape index (κ3) is 2.04. The molecular weight excluding hydrogens is 258 g/mol. The van der Waals surface area contributed by atoms with E-state index in [9.17, 15) is 0 Å². The van der Waals surface area contributed by atoms with Gasteiger partial charge in [0.2, 0.25) is 5.89 Å². The van der Waals surface area contributed by atoms with Gasteiger partial charge < -0.3 is 9.52 Å². The van der Waals surface area contributed by atoms with Gasteiger partial charge in [-0.1, -0.05) is 0 Å². The van der Waals surface area contributed by atoms with Gasteiger partial charge in [0.05, 0.1) is 10.2 Å². The predicted molar refractivity (Wildman–Crippen MR) is 62.7 cm³/mol. The molecule has 0 unspecified atom stereocenters. The molecule has 0 amide bonds. The molecule has 2 aromatic rings. The number of hydrogen-bond acceptors (Lipinski definition) is 3. The van der Waals surface area contributed by atoms with Crippen LogP contribution in [0.3, 0.4) is 0 Å². The van der Waals surface area contributed by atoms with Gasteiger partial charge >= 0.3 is 0 Å². The number of aliphatic hydroxyl groups excluding tert-OH is 1. The Bertz CT molecular complexity index is 539. The summed E-state index contributed by atoms with van der Waals surface area (Å²) in [6, 6.07) is 3.90. The molecule has 0 saturated heterocycles. The van der Waals surface area contributed by atoms with Crippen molar-refractivity contribution in [2.24, 2.45) is 0 Å². The highest BCUT2D eigenvalue weighted by Gasteiger charge is 2.08. The molecule has 0 fully saturated rings. The molecular formula is C11H10BrNO2. The van der Waals surface area contributed by atoms with E-state index in [-0.39, 0.29) is 5.76 Å². The fourth-order valence-corrected chi connectivity index (χ4v) is 2.03. The Hall–Kier alpha value is -1.29. The first-order valence-electron chi connectivity index (χ1n) is 4.50. The molecule has 0 aliphatic heterocycles. The van der Waals surface area contributed by atoms with E-state index in [4.69, 9.17) is 9.52 Å². The summed E-state index contributed by atoms with van der Waals surface area (Å²) in [5.41, 5.74) is 2.60. The summed E-state index contributed by atoms with van der Waals surface area (Å²) in [5.74, 6) is 0.589. The molecule has 1 N–H and O–H groups in total. The van der Waals surface area contributed by atoms with Crippen LogP contribution in [0.4, 0.5) is 0 Å². The molecule has 0 aliphatic carbocycles. The van der Waals surface area contributed by atoms with Crippen LogP contribution in [0.5, 0.6) is 0 Å². The summed E-state index contributed by atoms with van der Waals surface area (Å²) in [6.07, 6.45) is 1.49. The van der Waals surface area contributed by atoms with E-state index < -0.39 is 0 Å². The minimum Gasteiger partial charge on any atom is -0.512 e. The topological polar surface area (TPSA) is 46.3 Å². The van der Waals surface area contributed by atoms with E-state index in [1.54, 1.807) is 6.92 Å². The number of allylic oxidation sites excluding steroid dienone is 1. The van der Waals surface area contributed by atoms with Gasteiger partial charge in [0.1, 0.15) is 5.52 Å². The number of aliphatic hydroxyl groups is 1. The third-order valence-electron chi connectivity index (χ3n) is 1.94. The van der Waals surface area contributed by atoms with E-state index in [0.717, 1.165) is 15.6 Å². The van der Waals surface area contributed by atoms with Crippen LogP contribution in [0.15, 0.2) is 26.8 Å². The summed E-state index contributed by atoms with van der Waals surface area (Å²) in [4.78, 5) is 4.24. The lowest BCUT2D eigenvalue weighted by Gasteiger charge is -1.93. The predicted octanol–water partition coefficient (Wildman–Crippen LogP) is 3.82. The molecule has 0 spiro atoms. The molecule has 0 bridgehead atoms. The Kier molecular flexibility index (Phi) is 2.52. The van der Waals surface area contributed by atoms with Gasteiger partial charge in [-0.2, -0.15) is 0 Å². The largest absolute Gasteiger partial charge is 0.512 e. The maximum Gasteiger partial charge on any atom is 0.223 e. The van der Waals surface area contributed by atoms with Crippen LogP contribution in [-0.4, -0.2) is 10.1 Å². The molecule has 1 aromatic carbocycles. The normalized spacial score (nSPS) is 12.3. The van der Waals surface area contributed by atoms with Gasteiger partial charge in [-0.25, -0.2) is 4.98 Å². The van der Waals surface area contributed by atoms with Gasteiger partial charge in [-0.05, 0) is 47.5 Å². The van der Waals surface area contributed by atoms with Gasteiger partial charge in [-0.3, -0.25) is 0 Å². The number of benzene rings is 1. The zero-order valence-electron chi connectivity index (χ0n) is 8.41. The average molecular weight is 268 g/mol. The Morgan fingerprint density at radius 3 is 2.93 bits per heavy atom. The second-order valence-corrected chi connectivity index (χ2v) is 4.29. The number of fused-ring (bicyclic) bond motifs is 1. The van der Waals surface area contributed by atoms with E-state index in [1.807, 2.05) is 19.1 Å². The summed E-state index contributed by atoms with van der Waals surface area (Å²) in [7, 11) is 0. The van der Waals surface area contributed by atoms with Crippen LogP contribution in [0.25, 0.3) is 17.2 Å². The molecule has 0 aliphatic rings. The number of nitrogens with zero attached hydrogens (tertiary/aromatic N) is 1. The number of halogens is 1. The molecule has 4 heteroatoms. The fourth-order valence-electron chi connectivity index (χ4n) is 1.38. The standard InChI is InChI=1S/C11H10BrNO2/c1-6-3-8(12)11-9(4-6)13-10(15-11)5-7(2)14/h3-5,14H,1-2H3. The molecule has 1 heterocycles. The first-order valence-corrected chi connectivity index (χ1v) is 5.29. The van der Waals surface area contributed by atoms with E-state index in [1.165, 1.54) is 6.08 Å². The van der Waals surface area contributed by atoms with Crippen molar-refractivity contribution in [1.29, 1.82) is 0 Å². The van der Waals surface area contributed by atoms with Crippen molar-refractivity contribution in [2.45, 2.75) is 13.8 Å². The lowest BCUT2D eigenvalue weighted by atomic mass is 10.2. The zero-order chi connectivity index (χ0) is 11.0. The number of rotatable bonds is 1. The van der Waals surface area contributed by atoms with Crippen molar-refractivity contribution < 1.29 is 9.52 Å². The van der Waals surface area contributed by atoms with Crippen LogP contribution >= 0.6 is 15.9 Å². The molecule has 0 radical (unpaired) electrons. The molecule has 78 valence electrons. The van der Waals surface area contributed by atoms with Gasteiger partial charge in [0.15, 0.2) is 5.58 Å². The molecule has 15 heavy (non-hydrogen) atoms. The van der Waals surface area contributed by atoms with Crippen LogP contribution in [0.1, 0.15) is 18.4 Å². The average Bonchev–Trinajstić information content (AvgIpc) is 2.45. The maximum atomic E-state index is 9.10. The Morgan fingerprint density at radius 1 is 1.53 bits per heavy atom. The molecule has 0 saturated carbocycles. The summed E-state index contributed by atoms with van der Waals surface area (Å²) in [6.45, 7) is 3.57. The van der Waals surface area contributed by atoms with Crippen molar-refractivity contribution in [2.75, 3.05) is 0 Å². The lowest BCUT2D eigenvalue weighted by Crippen LogP contribution is -1.75. The highest BCUT2D eigenvalue weighted by molar-refractivity contribution is 9.10. The van der Waals surface area contributed by atoms with Crippen LogP contribution in [0, 0.1) is 6.92 Å². The van der Waals surface area contributed by atoms with Crippen LogP contribution in [0.2, 0.25) is 0 Å². The summed E-state index contributed by atoms with van der Waals surface area (Å²) in [5, 5.41) is 9.10. The fraction of sp³-hybridized carbons (Fsp3) is 0.182. The van der Waals surface area contributed by atoms with Gasteiger partial charge in [0, 0.05) is 6.08 Å². The highest BCUT2D eigenvalue weighted by atomic mass is 79.9. The smallest absolute Gasteiger partial charge is 0.223 e. The van der Waals surface area contributed by atoms with E-state index in [0.29, 0.717) is 11.5 Å². The van der Waals surface area contributed by atoms with E-state index >= 15 is 0 Å². The van der Waals surface area contributed by atoms with Crippen molar-refractivity contribution in [3.05, 3.63) is 33.8 Å². The Morgan fingerprint density at radius 2 is 2.27 bits per heavy atom. The lowest BCUT2D eigenvalue weighted by molar-refractivity contribution is 0.417. The SMILES string of the molecule is CC(O)=Cc1nc2cc(C)cc(Br)c2o1. The zero-order valence-corrected chi connectivity index (χ0v) is 10.00. The third-order valence-corrected chi connectivity index (χ3v) is 2.53. The molecule has 1 aromatic heterocycles. The number of aryl methyl sites for hydroxylation is 1. The van der Waals surface area contributed by atoms with Gasteiger partial charge in [-0.15, -0.1) is 0 Å². The minimum atomic E-state index is 0.175. The first-order chi connectivity index (χ1) is 7.06. The van der Waals surface area contributed by atoms with Crippen molar-refractivity contribution >= 4 is 33.1 Å². The molecule has 3 nitrogen and oxygen atoms in total. The monoisotopic (exact) mass is 267 g/mol. The Labute approximate surface area is 95.6 Å². The van der Waals surface area contributed by atoms with Crippen LogP contribution in [-0.2, 0) is 0 Å². The van der Waals surface area contributed by atoms with Gasteiger partial charge in [0.25, 0.3) is 0 Å².